The number of carbonyl (C=O) groups excluding carboxylic acids is 1. The van der Waals surface area contributed by atoms with E-state index in [2.05, 4.69) is 10.0 Å². The Labute approximate surface area is 166 Å². The van der Waals surface area contributed by atoms with Gasteiger partial charge in [-0.25, -0.2) is 8.42 Å². The van der Waals surface area contributed by atoms with Crippen molar-refractivity contribution in [1.29, 1.82) is 0 Å². The lowest BCUT2D eigenvalue weighted by Crippen LogP contribution is -2.42. The van der Waals surface area contributed by atoms with Crippen molar-refractivity contribution in [1.82, 2.24) is 5.32 Å². The van der Waals surface area contributed by atoms with E-state index in [1.54, 1.807) is 36.4 Å². The molecule has 0 aliphatic heterocycles. The van der Waals surface area contributed by atoms with Crippen molar-refractivity contribution in [2.75, 3.05) is 11.3 Å². The normalized spacial score (nSPS) is 14.7. The minimum absolute atomic E-state index is 0. The number of amides is 1. The van der Waals surface area contributed by atoms with Crippen LogP contribution in [0.4, 0.5) is 5.69 Å². The lowest BCUT2D eigenvalue weighted by Gasteiger charge is -2.18. The zero-order valence-electron chi connectivity index (χ0n) is 15.0. The van der Waals surface area contributed by atoms with Crippen LogP contribution in [0, 0.1) is 12.8 Å². The molecule has 8 heteroatoms. The van der Waals surface area contributed by atoms with E-state index < -0.39 is 10.0 Å². The van der Waals surface area contributed by atoms with Crippen LogP contribution in [0.15, 0.2) is 53.4 Å². The number of halogens is 1. The van der Waals surface area contributed by atoms with Gasteiger partial charge >= 0.3 is 0 Å². The fraction of sp³-hybridized carbons (Fsp3) is 0.316. The topological polar surface area (TPSA) is 101 Å². The minimum atomic E-state index is -3.78. The van der Waals surface area contributed by atoms with Gasteiger partial charge in [-0.1, -0.05) is 29.8 Å². The lowest BCUT2D eigenvalue weighted by molar-refractivity contribution is 0.0934. The lowest BCUT2D eigenvalue weighted by atomic mass is 10.1. The summed E-state index contributed by atoms with van der Waals surface area (Å²) in [6.07, 6.45) is 2.12. The average molecular weight is 410 g/mol. The maximum absolute atomic E-state index is 12.6. The number of rotatable bonds is 7. The molecule has 1 saturated carbocycles. The highest BCUT2D eigenvalue weighted by molar-refractivity contribution is 7.92. The molecule has 0 spiro atoms. The second-order valence-corrected chi connectivity index (χ2v) is 8.30. The average Bonchev–Trinajstić information content (AvgIpc) is 3.45. The van der Waals surface area contributed by atoms with Gasteiger partial charge in [0.15, 0.2) is 0 Å². The van der Waals surface area contributed by atoms with Gasteiger partial charge in [-0.15, -0.1) is 12.4 Å². The summed E-state index contributed by atoms with van der Waals surface area (Å²) in [5, 5.41) is 2.92. The number of carbonyl (C=O) groups is 1. The Balaban J connectivity index is 0.00000261. The van der Waals surface area contributed by atoms with Crippen LogP contribution in [0.5, 0.6) is 0 Å². The van der Waals surface area contributed by atoms with Gasteiger partial charge < -0.3 is 11.1 Å². The monoisotopic (exact) mass is 409 g/mol. The smallest absolute Gasteiger partial charge is 0.261 e. The molecule has 0 aromatic heterocycles. The molecule has 2 aromatic rings. The van der Waals surface area contributed by atoms with E-state index in [1.807, 2.05) is 6.92 Å². The molecule has 1 aliphatic rings. The zero-order chi connectivity index (χ0) is 18.7. The van der Waals surface area contributed by atoms with Crippen LogP contribution in [0.3, 0.4) is 0 Å². The summed E-state index contributed by atoms with van der Waals surface area (Å²) in [5.41, 5.74) is 7.24. The molecule has 2 aromatic carbocycles. The summed E-state index contributed by atoms with van der Waals surface area (Å²) in [6, 6.07) is 13.0. The summed E-state index contributed by atoms with van der Waals surface area (Å²) >= 11 is 0. The van der Waals surface area contributed by atoms with E-state index >= 15 is 0 Å². The molecular weight excluding hydrogens is 386 g/mol. The Morgan fingerprint density at radius 2 is 1.78 bits per heavy atom. The number of aryl methyl sites for hydroxylation is 1. The molecule has 4 N–H and O–H groups in total. The van der Waals surface area contributed by atoms with Gasteiger partial charge in [0, 0.05) is 12.6 Å². The van der Waals surface area contributed by atoms with Crippen LogP contribution in [-0.4, -0.2) is 26.9 Å². The van der Waals surface area contributed by atoms with Crippen molar-refractivity contribution in [3.63, 3.8) is 0 Å². The third kappa shape index (κ3) is 5.22. The molecule has 27 heavy (non-hydrogen) atoms. The molecule has 0 bridgehead atoms. The standard InChI is InChI=1S/C19H23N3O3S.ClH/c1-13-6-10-15(11-7-13)26(24,25)22-17-5-3-2-4-16(17)19(23)21-18(12-20)14-8-9-14;/h2-7,10-11,14,18,22H,8-9,12,20H2,1H3,(H,21,23);1H. The fourth-order valence-electron chi connectivity index (χ4n) is 2.81. The molecule has 1 amide bonds. The van der Waals surface area contributed by atoms with Crippen molar-refractivity contribution in [2.24, 2.45) is 11.7 Å². The molecule has 1 unspecified atom stereocenters. The van der Waals surface area contributed by atoms with E-state index in [1.165, 1.54) is 12.1 Å². The van der Waals surface area contributed by atoms with Crippen LogP contribution in [0.25, 0.3) is 0 Å². The minimum Gasteiger partial charge on any atom is -0.348 e. The van der Waals surface area contributed by atoms with E-state index in [0.29, 0.717) is 12.5 Å². The van der Waals surface area contributed by atoms with Gasteiger partial charge in [-0.05, 0) is 49.9 Å². The third-order valence-electron chi connectivity index (χ3n) is 4.51. The molecule has 1 aliphatic carbocycles. The summed E-state index contributed by atoms with van der Waals surface area (Å²) in [4.78, 5) is 12.8. The highest BCUT2D eigenvalue weighted by atomic mass is 35.5. The Kier molecular flexibility index (Phi) is 6.86. The van der Waals surface area contributed by atoms with Crippen LogP contribution in [0.1, 0.15) is 28.8 Å². The first-order valence-electron chi connectivity index (χ1n) is 8.60. The molecule has 1 atom stereocenters. The van der Waals surface area contributed by atoms with Crippen molar-refractivity contribution < 1.29 is 13.2 Å². The van der Waals surface area contributed by atoms with Crippen LogP contribution < -0.4 is 15.8 Å². The molecule has 0 heterocycles. The number of anilines is 1. The molecule has 3 rings (SSSR count). The fourth-order valence-corrected chi connectivity index (χ4v) is 3.88. The van der Waals surface area contributed by atoms with Gasteiger partial charge in [-0.3, -0.25) is 9.52 Å². The van der Waals surface area contributed by atoms with E-state index in [4.69, 9.17) is 5.73 Å². The Hall–Kier alpha value is -2.09. The van der Waals surface area contributed by atoms with Gasteiger partial charge in [0.25, 0.3) is 15.9 Å². The second kappa shape index (κ2) is 8.73. The van der Waals surface area contributed by atoms with Crippen LogP contribution in [0.2, 0.25) is 0 Å². The summed E-state index contributed by atoms with van der Waals surface area (Å²) in [7, 11) is -3.78. The van der Waals surface area contributed by atoms with Gasteiger partial charge in [0.2, 0.25) is 0 Å². The number of benzene rings is 2. The molecule has 146 valence electrons. The first-order valence-corrected chi connectivity index (χ1v) is 10.1. The molecule has 6 nitrogen and oxygen atoms in total. The van der Waals surface area contributed by atoms with E-state index in [-0.39, 0.29) is 40.5 Å². The van der Waals surface area contributed by atoms with Crippen molar-refractivity contribution in [2.45, 2.75) is 30.7 Å². The van der Waals surface area contributed by atoms with E-state index in [9.17, 15) is 13.2 Å². The van der Waals surface area contributed by atoms with Crippen LogP contribution in [-0.2, 0) is 10.0 Å². The maximum atomic E-state index is 12.6. The number of hydrogen-bond acceptors (Lipinski definition) is 4. The van der Waals surface area contributed by atoms with Gasteiger partial charge in [0.1, 0.15) is 0 Å². The molecule has 1 fully saturated rings. The Morgan fingerprint density at radius 1 is 1.15 bits per heavy atom. The summed E-state index contributed by atoms with van der Waals surface area (Å²) in [5.74, 6) is 0.0925. The molecule has 0 saturated heterocycles. The molecular formula is C19H24ClN3O3S. The summed E-state index contributed by atoms with van der Waals surface area (Å²) in [6.45, 7) is 2.25. The first kappa shape index (κ1) is 21.2. The predicted molar refractivity (Wildman–Crippen MR) is 109 cm³/mol. The number of sulfonamides is 1. The predicted octanol–water partition coefficient (Wildman–Crippen LogP) is 2.68. The van der Waals surface area contributed by atoms with Gasteiger partial charge in [0.05, 0.1) is 16.1 Å². The SMILES string of the molecule is Cc1ccc(S(=O)(=O)Nc2ccccc2C(=O)NC(CN)C2CC2)cc1.Cl. The number of nitrogens with one attached hydrogen (secondary N) is 2. The van der Waals surface area contributed by atoms with E-state index in [0.717, 1.165) is 18.4 Å². The summed E-state index contributed by atoms with van der Waals surface area (Å²) < 4.78 is 27.8. The first-order chi connectivity index (χ1) is 12.4. The second-order valence-electron chi connectivity index (χ2n) is 6.62. The highest BCUT2D eigenvalue weighted by Crippen LogP contribution is 2.32. The maximum Gasteiger partial charge on any atom is 0.261 e. The third-order valence-corrected chi connectivity index (χ3v) is 5.89. The van der Waals surface area contributed by atoms with Crippen molar-refractivity contribution in [3.8, 4) is 0 Å². The quantitative estimate of drug-likeness (QED) is 0.654. The largest absolute Gasteiger partial charge is 0.348 e. The zero-order valence-corrected chi connectivity index (χ0v) is 16.6. The highest BCUT2D eigenvalue weighted by Gasteiger charge is 2.32. The van der Waals surface area contributed by atoms with Crippen molar-refractivity contribution >= 4 is 34.0 Å². The number of hydrogen-bond donors (Lipinski definition) is 3. The van der Waals surface area contributed by atoms with Gasteiger partial charge in [-0.2, -0.15) is 0 Å². The number of nitrogens with two attached hydrogens (primary N) is 1. The number of para-hydroxylation sites is 1. The Bertz CT molecular complexity index is 897. The Morgan fingerprint density at radius 3 is 2.37 bits per heavy atom. The molecule has 0 radical (unpaired) electrons. The van der Waals surface area contributed by atoms with Crippen LogP contribution >= 0.6 is 12.4 Å². The van der Waals surface area contributed by atoms with Crippen molar-refractivity contribution in [3.05, 3.63) is 59.7 Å².